The summed E-state index contributed by atoms with van der Waals surface area (Å²) in [6.07, 6.45) is 2.75. The van der Waals surface area contributed by atoms with Crippen LogP contribution >= 0.6 is 12.3 Å². The van der Waals surface area contributed by atoms with E-state index < -0.39 is 0 Å². The quantitative estimate of drug-likeness (QED) is 0.836. The molecule has 0 N–H and O–H groups in total. The molecule has 5 heteroatoms. The standard InChI is InChI=1S/C14H14FN3S/c1-10-4-5-17(8-10)12-2-3-14-13(6-12)11(7-16)9-18(14)19-15/h2-3,6,9-10H,4-5,8H2,1H3. The first kappa shape index (κ1) is 12.4. The lowest BCUT2D eigenvalue weighted by atomic mass is 10.1. The van der Waals surface area contributed by atoms with Gasteiger partial charge in [0.25, 0.3) is 0 Å². The summed E-state index contributed by atoms with van der Waals surface area (Å²) in [4.78, 5) is 2.32. The van der Waals surface area contributed by atoms with Gasteiger partial charge in [-0.25, -0.2) is 0 Å². The smallest absolute Gasteiger partial charge is 0.169 e. The molecular formula is C14H14FN3S. The third-order valence-corrected chi connectivity index (χ3v) is 4.19. The maximum absolute atomic E-state index is 12.8. The summed E-state index contributed by atoms with van der Waals surface area (Å²) in [5.41, 5.74) is 2.39. The molecule has 1 aliphatic rings. The van der Waals surface area contributed by atoms with Crippen molar-refractivity contribution in [3.05, 3.63) is 30.0 Å². The molecule has 1 aliphatic heterocycles. The molecule has 19 heavy (non-hydrogen) atoms. The molecule has 3 rings (SSSR count). The second-order valence-electron chi connectivity index (χ2n) is 5.09. The van der Waals surface area contributed by atoms with Crippen LogP contribution in [0.1, 0.15) is 18.9 Å². The van der Waals surface area contributed by atoms with E-state index in [0.717, 1.165) is 29.7 Å². The van der Waals surface area contributed by atoms with E-state index in [1.54, 1.807) is 6.20 Å². The zero-order chi connectivity index (χ0) is 13.4. The Hall–Kier alpha value is -1.67. The Labute approximate surface area is 116 Å². The molecule has 1 unspecified atom stereocenters. The molecule has 98 valence electrons. The average Bonchev–Trinajstić information content (AvgIpc) is 3.01. The summed E-state index contributed by atoms with van der Waals surface area (Å²) in [7, 11) is 0. The van der Waals surface area contributed by atoms with E-state index in [9.17, 15) is 3.89 Å². The molecule has 1 aromatic heterocycles. The van der Waals surface area contributed by atoms with Gasteiger partial charge in [0.15, 0.2) is 12.3 Å². The van der Waals surface area contributed by atoms with Gasteiger partial charge in [0.2, 0.25) is 0 Å². The van der Waals surface area contributed by atoms with Gasteiger partial charge in [0.05, 0.1) is 11.1 Å². The topological polar surface area (TPSA) is 32.0 Å². The van der Waals surface area contributed by atoms with Gasteiger partial charge in [-0.3, -0.25) is 3.97 Å². The number of rotatable bonds is 2. The van der Waals surface area contributed by atoms with Gasteiger partial charge in [-0.2, -0.15) is 5.26 Å². The van der Waals surface area contributed by atoms with Crippen molar-refractivity contribution < 1.29 is 3.89 Å². The maximum atomic E-state index is 12.8. The minimum absolute atomic E-state index is 0.125. The fraction of sp³-hybridized carbons (Fsp3) is 0.357. The Morgan fingerprint density at radius 3 is 2.95 bits per heavy atom. The second kappa shape index (κ2) is 4.78. The van der Waals surface area contributed by atoms with Crippen molar-refractivity contribution in [3.63, 3.8) is 0 Å². The van der Waals surface area contributed by atoms with E-state index in [2.05, 4.69) is 17.9 Å². The molecule has 0 saturated carbocycles. The number of aromatic nitrogens is 1. The monoisotopic (exact) mass is 275 g/mol. The summed E-state index contributed by atoms with van der Waals surface area (Å²) in [6, 6.07) is 8.03. The van der Waals surface area contributed by atoms with Crippen LogP contribution in [0.4, 0.5) is 9.57 Å². The first-order valence-corrected chi connectivity index (χ1v) is 6.99. The molecule has 1 fully saturated rings. The van der Waals surface area contributed by atoms with Crippen molar-refractivity contribution >= 4 is 28.9 Å². The highest BCUT2D eigenvalue weighted by atomic mass is 32.2. The van der Waals surface area contributed by atoms with Gasteiger partial charge >= 0.3 is 0 Å². The summed E-state index contributed by atoms with van der Waals surface area (Å²) in [6.45, 7) is 4.34. The summed E-state index contributed by atoms with van der Waals surface area (Å²) >= 11 is 0.125. The van der Waals surface area contributed by atoms with Crippen molar-refractivity contribution in [2.24, 2.45) is 5.92 Å². The largest absolute Gasteiger partial charge is 0.371 e. The first-order chi connectivity index (χ1) is 9.22. The van der Waals surface area contributed by atoms with E-state index in [-0.39, 0.29) is 12.3 Å². The molecule has 0 spiro atoms. The maximum Gasteiger partial charge on any atom is 0.169 e. The van der Waals surface area contributed by atoms with Crippen LogP contribution in [0.25, 0.3) is 10.9 Å². The predicted octanol–water partition coefficient (Wildman–Crippen LogP) is 3.74. The molecular weight excluding hydrogens is 261 g/mol. The van der Waals surface area contributed by atoms with E-state index >= 15 is 0 Å². The van der Waals surface area contributed by atoms with Crippen LogP contribution in [0, 0.1) is 17.2 Å². The number of anilines is 1. The second-order valence-corrected chi connectivity index (χ2v) is 5.62. The number of benzene rings is 1. The number of fused-ring (bicyclic) bond motifs is 1. The molecule has 2 aromatic rings. The van der Waals surface area contributed by atoms with E-state index in [0.29, 0.717) is 11.5 Å². The molecule has 0 radical (unpaired) electrons. The van der Waals surface area contributed by atoms with E-state index in [1.165, 1.54) is 10.4 Å². The summed E-state index contributed by atoms with van der Waals surface area (Å²) < 4.78 is 14.2. The minimum atomic E-state index is 0.125. The van der Waals surface area contributed by atoms with Crippen molar-refractivity contribution in [2.45, 2.75) is 13.3 Å². The number of halogens is 1. The third kappa shape index (κ3) is 2.06. The minimum Gasteiger partial charge on any atom is -0.371 e. The molecule has 3 nitrogen and oxygen atoms in total. The fourth-order valence-electron chi connectivity index (χ4n) is 2.70. The predicted molar refractivity (Wildman–Crippen MR) is 76.7 cm³/mol. The normalized spacial score (nSPS) is 19.0. The van der Waals surface area contributed by atoms with Crippen LogP contribution in [-0.2, 0) is 0 Å². The van der Waals surface area contributed by atoms with Crippen molar-refractivity contribution in [1.82, 2.24) is 3.97 Å². The Kier molecular flexibility index (Phi) is 3.11. The Morgan fingerprint density at radius 2 is 2.32 bits per heavy atom. The van der Waals surface area contributed by atoms with Crippen molar-refractivity contribution in [2.75, 3.05) is 18.0 Å². The number of hydrogen-bond acceptors (Lipinski definition) is 3. The Morgan fingerprint density at radius 1 is 1.47 bits per heavy atom. The van der Waals surface area contributed by atoms with Crippen molar-refractivity contribution in [1.29, 1.82) is 5.26 Å². The fourth-order valence-corrected chi connectivity index (χ4v) is 3.08. The number of hydrogen-bond donors (Lipinski definition) is 0. The lowest BCUT2D eigenvalue weighted by Crippen LogP contribution is -2.18. The lowest BCUT2D eigenvalue weighted by molar-refractivity contribution is 0.659. The van der Waals surface area contributed by atoms with Crippen LogP contribution in [0.15, 0.2) is 24.4 Å². The zero-order valence-electron chi connectivity index (χ0n) is 10.6. The highest BCUT2D eigenvalue weighted by Gasteiger charge is 2.20. The highest BCUT2D eigenvalue weighted by molar-refractivity contribution is 7.92. The van der Waals surface area contributed by atoms with Gasteiger partial charge < -0.3 is 4.90 Å². The van der Waals surface area contributed by atoms with Crippen molar-refractivity contribution in [3.8, 4) is 6.07 Å². The molecule has 0 bridgehead atoms. The van der Waals surface area contributed by atoms with Gasteiger partial charge in [0.1, 0.15) is 6.07 Å². The first-order valence-electron chi connectivity index (χ1n) is 6.32. The van der Waals surface area contributed by atoms with Gasteiger partial charge in [0, 0.05) is 30.4 Å². The van der Waals surface area contributed by atoms with Crippen LogP contribution in [-0.4, -0.2) is 17.1 Å². The highest BCUT2D eigenvalue weighted by Crippen LogP contribution is 2.31. The summed E-state index contributed by atoms with van der Waals surface area (Å²) in [5.74, 6) is 0.706. The van der Waals surface area contributed by atoms with Crippen LogP contribution < -0.4 is 4.90 Å². The molecule has 2 heterocycles. The lowest BCUT2D eigenvalue weighted by Gasteiger charge is -2.18. The number of nitriles is 1. The molecule has 1 saturated heterocycles. The zero-order valence-corrected chi connectivity index (χ0v) is 11.5. The van der Waals surface area contributed by atoms with Gasteiger partial charge in [-0.1, -0.05) is 6.92 Å². The van der Waals surface area contributed by atoms with E-state index in [4.69, 9.17) is 5.26 Å². The van der Waals surface area contributed by atoms with E-state index in [1.807, 2.05) is 18.2 Å². The van der Waals surface area contributed by atoms with Gasteiger partial charge in [-0.05, 0) is 30.5 Å². The molecule has 0 amide bonds. The average molecular weight is 275 g/mol. The SMILES string of the molecule is CC1CCN(c2ccc3c(c2)c(C#N)cn3SF)C1. The van der Waals surface area contributed by atoms with Crippen LogP contribution in [0.2, 0.25) is 0 Å². The number of nitrogens with zero attached hydrogens (tertiary/aromatic N) is 3. The van der Waals surface area contributed by atoms with Crippen LogP contribution in [0.3, 0.4) is 0 Å². The van der Waals surface area contributed by atoms with Crippen LogP contribution in [0.5, 0.6) is 0 Å². The molecule has 0 aliphatic carbocycles. The molecule has 1 aromatic carbocycles. The summed E-state index contributed by atoms with van der Waals surface area (Å²) in [5, 5.41) is 9.96. The third-order valence-electron chi connectivity index (χ3n) is 3.74. The molecule has 1 atom stereocenters. The van der Waals surface area contributed by atoms with Gasteiger partial charge in [-0.15, -0.1) is 3.89 Å². The Bertz CT molecular complexity index is 658. The Balaban J connectivity index is 2.08.